The van der Waals surface area contributed by atoms with Crippen LogP contribution in [0.25, 0.3) is 0 Å². The summed E-state index contributed by atoms with van der Waals surface area (Å²) in [6.45, 7) is 1.47. The Kier molecular flexibility index (Phi) is 3.01. The summed E-state index contributed by atoms with van der Waals surface area (Å²) in [5.41, 5.74) is 2.16. The maximum absolute atomic E-state index is 12.7. The first-order chi connectivity index (χ1) is 10.0. The number of aryl methyl sites for hydroxylation is 1. The van der Waals surface area contributed by atoms with Crippen LogP contribution in [0, 0.1) is 0 Å². The summed E-state index contributed by atoms with van der Waals surface area (Å²) in [6, 6.07) is 8.48. The molecule has 108 valence electrons. The second-order valence-corrected chi connectivity index (χ2v) is 5.06. The summed E-state index contributed by atoms with van der Waals surface area (Å²) in [6.07, 6.45) is 1.63. The highest BCUT2D eigenvalue weighted by Crippen LogP contribution is 2.40. The average Bonchev–Trinajstić information content (AvgIpc) is 2.88. The highest BCUT2D eigenvalue weighted by molar-refractivity contribution is 6.12. The van der Waals surface area contributed by atoms with Crippen LogP contribution < -0.4 is 9.80 Å². The first-order valence-corrected chi connectivity index (χ1v) is 6.66. The predicted octanol–water partition coefficient (Wildman–Crippen LogP) is 1.49. The molecule has 1 atom stereocenters. The third-order valence-electron chi connectivity index (χ3n) is 3.80. The first kappa shape index (κ1) is 13.4. The van der Waals surface area contributed by atoms with E-state index in [9.17, 15) is 9.59 Å². The van der Waals surface area contributed by atoms with E-state index in [4.69, 9.17) is 0 Å². The Balaban J connectivity index is 2.23. The second kappa shape index (κ2) is 4.73. The Morgan fingerprint density at radius 3 is 2.38 bits per heavy atom. The van der Waals surface area contributed by atoms with Crippen molar-refractivity contribution in [3.63, 3.8) is 0 Å². The Bertz CT molecular complexity index is 722. The van der Waals surface area contributed by atoms with Crippen LogP contribution in [-0.2, 0) is 16.6 Å². The minimum atomic E-state index is -0.685. The highest BCUT2D eigenvalue weighted by Gasteiger charge is 2.40. The molecule has 0 fully saturated rings. The fourth-order valence-electron chi connectivity index (χ4n) is 2.77. The normalized spacial score (nSPS) is 17.9. The van der Waals surface area contributed by atoms with E-state index in [2.05, 4.69) is 5.10 Å². The standard InChI is InChI=1S/C15H16N4O2/c1-10(20)19-12-7-5-4-6-11(12)17(2)15(21)14(19)13-8-9-16-18(13)3/h4-9,14H,1-3H3. The number of anilines is 2. The van der Waals surface area contributed by atoms with E-state index in [-0.39, 0.29) is 11.8 Å². The number of amides is 2. The number of hydrogen-bond acceptors (Lipinski definition) is 3. The van der Waals surface area contributed by atoms with Crippen LogP contribution in [0.4, 0.5) is 11.4 Å². The molecule has 1 aliphatic heterocycles. The van der Waals surface area contributed by atoms with Gasteiger partial charge >= 0.3 is 0 Å². The molecule has 0 saturated heterocycles. The van der Waals surface area contributed by atoms with Gasteiger partial charge < -0.3 is 4.90 Å². The van der Waals surface area contributed by atoms with Gasteiger partial charge in [-0.3, -0.25) is 19.2 Å². The van der Waals surface area contributed by atoms with E-state index < -0.39 is 6.04 Å². The van der Waals surface area contributed by atoms with Crippen molar-refractivity contribution >= 4 is 23.2 Å². The number of carbonyl (C=O) groups is 2. The fourth-order valence-corrected chi connectivity index (χ4v) is 2.77. The Morgan fingerprint density at radius 1 is 1.14 bits per heavy atom. The fraction of sp³-hybridized carbons (Fsp3) is 0.267. The smallest absolute Gasteiger partial charge is 0.256 e. The van der Waals surface area contributed by atoms with Gasteiger partial charge in [0, 0.05) is 27.2 Å². The molecule has 0 bridgehead atoms. The molecule has 0 spiro atoms. The lowest BCUT2D eigenvalue weighted by Gasteiger charge is -2.39. The third kappa shape index (κ3) is 1.91. The van der Waals surface area contributed by atoms with E-state index in [1.54, 1.807) is 35.9 Å². The number of carbonyl (C=O) groups excluding carboxylic acids is 2. The van der Waals surface area contributed by atoms with Gasteiger partial charge in [-0.05, 0) is 18.2 Å². The number of para-hydroxylation sites is 2. The molecule has 0 saturated carbocycles. The molecule has 6 nitrogen and oxygen atoms in total. The second-order valence-electron chi connectivity index (χ2n) is 5.06. The van der Waals surface area contributed by atoms with Gasteiger partial charge in [0.05, 0.1) is 17.1 Å². The topological polar surface area (TPSA) is 58.4 Å². The van der Waals surface area contributed by atoms with Gasteiger partial charge in [0.25, 0.3) is 5.91 Å². The van der Waals surface area contributed by atoms with Crippen LogP contribution >= 0.6 is 0 Å². The molecule has 1 aromatic heterocycles. The molecule has 0 radical (unpaired) electrons. The van der Waals surface area contributed by atoms with Gasteiger partial charge in [-0.2, -0.15) is 5.10 Å². The summed E-state index contributed by atoms with van der Waals surface area (Å²) in [7, 11) is 3.49. The van der Waals surface area contributed by atoms with Crippen molar-refractivity contribution in [2.45, 2.75) is 13.0 Å². The maximum atomic E-state index is 12.7. The van der Waals surface area contributed by atoms with Crippen LogP contribution in [-0.4, -0.2) is 28.6 Å². The number of rotatable bonds is 1. The maximum Gasteiger partial charge on any atom is 0.256 e. The summed E-state index contributed by atoms with van der Waals surface area (Å²) in [5, 5.41) is 4.11. The molecule has 1 unspecified atom stereocenters. The van der Waals surface area contributed by atoms with Crippen molar-refractivity contribution < 1.29 is 9.59 Å². The first-order valence-electron chi connectivity index (χ1n) is 6.66. The number of benzene rings is 1. The lowest BCUT2D eigenvalue weighted by atomic mass is 10.0. The third-order valence-corrected chi connectivity index (χ3v) is 3.80. The zero-order valence-corrected chi connectivity index (χ0v) is 12.1. The van der Waals surface area contributed by atoms with Crippen molar-refractivity contribution in [1.82, 2.24) is 9.78 Å². The van der Waals surface area contributed by atoms with Crippen LogP contribution in [0.5, 0.6) is 0 Å². The Morgan fingerprint density at radius 2 is 1.81 bits per heavy atom. The Hall–Kier alpha value is -2.63. The van der Waals surface area contributed by atoms with Crippen molar-refractivity contribution in [3.05, 3.63) is 42.2 Å². The predicted molar refractivity (Wildman–Crippen MR) is 79.0 cm³/mol. The van der Waals surface area contributed by atoms with Gasteiger partial charge in [0.15, 0.2) is 6.04 Å². The summed E-state index contributed by atoms with van der Waals surface area (Å²) >= 11 is 0. The van der Waals surface area contributed by atoms with E-state index in [0.29, 0.717) is 5.69 Å². The number of hydrogen-bond donors (Lipinski definition) is 0. The molecular weight excluding hydrogens is 268 g/mol. The van der Waals surface area contributed by atoms with Crippen molar-refractivity contribution in [2.24, 2.45) is 7.05 Å². The lowest BCUT2D eigenvalue weighted by Crippen LogP contribution is -2.49. The van der Waals surface area contributed by atoms with Gasteiger partial charge in [0.2, 0.25) is 5.91 Å². The van der Waals surface area contributed by atoms with E-state index in [0.717, 1.165) is 11.4 Å². The summed E-state index contributed by atoms with van der Waals surface area (Å²) in [5.74, 6) is -0.317. The zero-order valence-electron chi connectivity index (χ0n) is 12.1. The quantitative estimate of drug-likeness (QED) is 0.797. The molecule has 6 heteroatoms. The van der Waals surface area contributed by atoms with Gasteiger partial charge in [0.1, 0.15) is 0 Å². The molecule has 2 heterocycles. The van der Waals surface area contributed by atoms with Crippen LogP contribution in [0.15, 0.2) is 36.5 Å². The summed E-state index contributed by atoms with van der Waals surface area (Å²) in [4.78, 5) is 28.0. The number of fused-ring (bicyclic) bond motifs is 1. The molecule has 0 N–H and O–H groups in total. The highest BCUT2D eigenvalue weighted by atomic mass is 16.2. The lowest BCUT2D eigenvalue weighted by molar-refractivity contribution is -0.124. The minimum absolute atomic E-state index is 0.146. The number of likely N-dealkylation sites (N-methyl/N-ethyl adjacent to an activating group) is 1. The van der Waals surface area contributed by atoms with Gasteiger partial charge in [-0.1, -0.05) is 12.1 Å². The van der Waals surface area contributed by atoms with Crippen molar-refractivity contribution in [1.29, 1.82) is 0 Å². The summed E-state index contributed by atoms with van der Waals surface area (Å²) < 4.78 is 1.63. The monoisotopic (exact) mass is 284 g/mol. The van der Waals surface area contributed by atoms with Crippen molar-refractivity contribution in [2.75, 3.05) is 16.8 Å². The van der Waals surface area contributed by atoms with Gasteiger partial charge in [-0.25, -0.2) is 0 Å². The molecular formula is C15H16N4O2. The molecule has 1 aromatic carbocycles. The van der Waals surface area contributed by atoms with Crippen LogP contribution in [0.1, 0.15) is 18.7 Å². The van der Waals surface area contributed by atoms with Crippen LogP contribution in [0.3, 0.4) is 0 Å². The number of aromatic nitrogens is 2. The SMILES string of the molecule is CC(=O)N1c2ccccc2N(C)C(=O)C1c1ccnn1C. The zero-order chi connectivity index (χ0) is 15.1. The minimum Gasteiger partial charge on any atom is -0.311 e. The van der Waals surface area contributed by atoms with E-state index in [1.807, 2.05) is 24.3 Å². The van der Waals surface area contributed by atoms with E-state index >= 15 is 0 Å². The number of nitrogens with zero attached hydrogens (tertiary/aromatic N) is 4. The molecule has 2 aromatic rings. The Labute approximate surface area is 122 Å². The molecule has 0 aliphatic carbocycles. The van der Waals surface area contributed by atoms with Crippen molar-refractivity contribution in [3.8, 4) is 0 Å². The molecule has 3 rings (SSSR count). The average molecular weight is 284 g/mol. The van der Waals surface area contributed by atoms with Gasteiger partial charge in [-0.15, -0.1) is 0 Å². The van der Waals surface area contributed by atoms with Crippen LogP contribution in [0.2, 0.25) is 0 Å². The van der Waals surface area contributed by atoms with E-state index in [1.165, 1.54) is 11.8 Å². The molecule has 1 aliphatic rings. The largest absolute Gasteiger partial charge is 0.311 e. The molecule has 21 heavy (non-hydrogen) atoms. The molecule has 2 amide bonds.